The van der Waals surface area contributed by atoms with Crippen molar-refractivity contribution in [3.8, 4) is 0 Å². The van der Waals surface area contributed by atoms with Crippen LogP contribution in [0, 0.1) is 11.8 Å². The molecule has 0 bridgehead atoms. The normalized spacial score (nSPS) is 23.7. The average molecular weight is 266 g/mol. The highest BCUT2D eigenvalue weighted by Crippen LogP contribution is 2.27. The molecule has 2 unspecified atom stereocenters. The first-order valence-electron chi connectivity index (χ1n) is 7.48. The lowest BCUT2D eigenvalue weighted by atomic mass is 9.82. The summed E-state index contributed by atoms with van der Waals surface area (Å²) >= 11 is 0. The molecule has 0 aliphatic heterocycles. The number of hydrogen-bond donors (Lipinski definition) is 2. The summed E-state index contributed by atoms with van der Waals surface area (Å²) in [5.74, 6) is 1.72. The number of nitrogens with one attached hydrogen (secondary N) is 1. The Morgan fingerprint density at radius 2 is 2.37 bits per heavy atom. The van der Waals surface area contributed by atoms with E-state index in [4.69, 9.17) is 5.11 Å². The lowest BCUT2D eigenvalue weighted by molar-refractivity contribution is 0.274. The molecule has 1 fully saturated rings. The third-order valence-electron chi connectivity index (χ3n) is 3.92. The Morgan fingerprint density at radius 1 is 1.47 bits per heavy atom. The molecule has 1 heterocycles. The molecule has 108 valence electrons. The quantitative estimate of drug-likeness (QED) is 0.786. The van der Waals surface area contributed by atoms with Crippen LogP contribution in [0.25, 0.3) is 0 Å². The summed E-state index contributed by atoms with van der Waals surface area (Å²) in [5.41, 5.74) is 0.988. The van der Waals surface area contributed by atoms with E-state index >= 15 is 0 Å². The zero-order chi connectivity index (χ0) is 13.5. The Hall–Kier alpha value is -0.940. The van der Waals surface area contributed by atoms with E-state index in [-0.39, 0.29) is 6.61 Å². The lowest BCUT2D eigenvalue weighted by Crippen LogP contribution is -2.26. The highest BCUT2D eigenvalue weighted by Gasteiger charge is 2.18. The summed E-state index contributed by atoms with van der Waals surface area (Å²) in [6.07, 6.45) is 8.19. The minimum Gasteiger partial charge on any atom is -0.396 e. The van der Waals surface area contributed by atoms with Gasteiger partial charge in [0, 0.05) is 25.9 Å². The first-order chi connectivity index (χ1) is 9.28. The second kappa shape index (κ2) is 7.60. The van der Waals surface area contributed by atoms with Crippen molar-refractivity contribution in [2.24, 2.45) is 11.8 Å². The average Bonchev–Trinajstić information content (AvgIpc) is 2.84. The molecular weight excluding hydrogens is 240 g/mol. The van der Waals surface area contributed by atoms with Crippen LogP contribution in [-0.4, -0.2) is 33.3 Å². The van der Waals surface area contributed by atoms with Crippen LogP contribution < -0.4 is 5.32 Å². The van der Waals surface area contributed by atoms with Gasteiger partial charge in [-0.25, -0.2) is 0 Å². The fourth-order valence-electron chi connectivity index (χ4n) is 2.91. The van der Waals surface area contributed by atoms with Gasteiger partial charge < -0.3 is 10.4 Å². The molecule has 2 rings (SSSR count). The Morgan fingerprint density at radius 3 is 3.16 bits per heavy atom. The van der Waals surface area contributed by atoms with E-state index in [2.05, 4.69) is 22.6 Å². The zero-order valence-corrected chi connectivity index (χ0v) is 11.9. The number of rotatable bonds is 7. The van der Waals surface area contributed by atoms with E-state index in [0.717, 1.165) is 43.6 Å². The summed E-state index contributed by atoms with van der Waals surface area (Å²) < 4.78 is 1.80. The maximum absolute atomic E-state index is 8.77. The third-order valence-corrected chi connectivity index (χ3v) is 3.92. The summed E-state index contributed by atoms with van der Waals surface area (Å²) in [7, 11) is 0. The zero-order valence-electron chi connectivity index (χ0n) is 11.9. The summed E-state index contributed by atoms with van der Waals surface area (Å²) in [6, 6.07) is 0. The predicted octanol–water partition coefficient (Wildman–Crippen LogP) is 1.58. The molecule has 19 heavy (non-hydrogen) atoms. The van der Waals surface area contributed by atoms with Crippen LogP contribution in [0.5, 0.6) is 0 Å². The van der Waals surface area contributed by atoms with Gasteiger partial charge in [-0.3, -0.25) is 4.68 Å². The molecule has 0 saturated heterocycles. The van der Waals surface area contributed by atoms with Gasteiger partial charge in [-0.1, -0.05) is 25.0 Å². The molecule has 0 aromatic carbocycles. The number of aliphatic hydroxyl groups is 1. The highest BCUT2D eigenvalue weighted by molar-refractivity contribution is 4.91. The van der Waals surface area contributed by atoms with Crippen LogP contribution in [0.1, 0.15) is 44.7 Å². The van der Waals surface area contributed by atoms with Gasteiger partial charge in [-0.15, -0.1) is 5.10 Å². The minimum absolute atomic E-state index is 0.202. The maximum Gasteiger partial charge on any atom is 0.0964 e. The van der Waals surface area contributed by atoms with Gasteiger partial charge >= 0.3 is 0 Å². The van der Waals surface area contributed by atoms with Gasteiger partial charge in [0.25, 0.3) is 0 Å². The highest BCUT2D eigenvalue weighted by atomic mass is 16.3. The molecule has 0 spiro atoms. The second-order valence-electron chi connectivity index (χ2n) is 5.82. The monoisotopic (exact) mass is 266 g/mol. The number of aliphatic hydroxyl groups excluding tert-OH is 1. The standard InChI is InChI=1S/C14H26N4O/c1-12-4-2-5-13(8-12)9-15-10-14-11-18(17-16-14)6-3-7-19/h11-13,15,19H,2-10H2,1H3. The van der Waals surface area contributed by atoms with Crippen LogP contribution in [0.15, 0.2) is 6.20 Å². The maximum atomic E-state index is 8.77. The van der Waals surface area contributed by atoms with E-state index < -0.39 is 0 Å². The van der Waals surface area contributed by atoms with Gasteiger partial charge in [0.15, 0.2) is 0 Å². The van der Waals surface area contributed by atoms with Crippen LogP contribution in [-0.2, 0) is 13.1 Å². The van der Waals surface area contributed by atoms with Crippen LogP contribution in [0.3, 0.4) is 0 Å². The number of nitrogens with zero attached hydrogens (tertiary/aromatic N) is 3. The molecule has 0 radical (unpaired) electrons. The van der Waals surface area contributed by atoms with Gasteiger partial charge in [0.1, 0.15) is 0 Å². The largest absolute Gasteiger partial charge is 0.396 e. The van der Waals surface area contributed by atoms with Crippen LogP contribution >= 0.6 is 0 Å². The Balaban J connectivity index is 1.66. The number of hydrogen-bond acceptors (Lipinski definition) is 4. The first kappa shape index (κ1) is 14.5. The molecule has 1 aliphatic carbocycles. The topological polar surface area (TPSA) is 63.0 Å². The Labute approximate surface area is 115 Å². The van der Waals surface area contributed by atoms with E-state index in [1.807, 2.05) is 6.20 Å². The Bertz CT molecular complexity index is 366. The van der Waals surface area contributed by atoms with Crippen molar-refractivity contribution < 1.29 is 5.11 Å². The van der Waals surface area contributed by atoms with Gasteiger partial charge in [0.05, 0.1) is 5.69 Å². The van der Waals surface area contributed by atoms with Gasteiger partial charge in [0.2, 0.25) is 0 Å². The van der Waals surface area contributed by atoms with Gasteiger partial charge in [-0.2, -0.15) is 0 Å². The summed E-state index contributed by atoms with van der Waals surface area (Å²) in [6.45, 7) is 5.19. The van der Waals surface area contributed by atoms with Crippen molar-refractivity contribution in [1.82, 2.24) is 20.3 Å². The first-order valence-corrected chi connectivity index (χ1v) is 7.48. The fourth-order valence-corrected chi connectivity index (χ4v) is 2.91. The van der Waals surface area contributed by atoms with Crippen molar-refractivity contribution in [3.63, 3.8) is 0 Å². The van der Waals surface area contributed by atoms with E-state index in [1.54, 1.807) is 4.68 Å². The van der Waals surface area contributed by atoms with Crippen LogP contribution in [0.4, 0.5) is 0 Å². The van der Waals surface area contributed by atoms with Crippen molar-refractivity contribution in [2.45, 2.75) is 52.1 Å². The Kier molecular flexibility index (Phi) is 5.79. The predicted molar refractivity (Wildman–Crippen MR) is 74.6 cm³/mol. The third kappa shape index (κ3) is 4.91. The van der Waals surface area contributed by atoms with Crippen LogP contribution in [0.2, 0.25) is 0 Å². The SMILES string of the molecule is CC1CCCC(CNCc2cn(CCCO)nn2)C1. The molecule has 2 atom stereocenters. The van der Waals surface area contributed by atoms with Crippen molar-refractivity contribution in [1.29, 1.82) is 0 Å². The smallest absolute Gasteiger partial charge is 0.0964 e. The molecule has 0 amide bonds. The second-order valence-corrected chi connectivity index (χ2v) is 5.82. The summed E-state index contributed by atoms with van der Waals surface area (Å²) in [4.78, 5) is 0. The molecule has 1 aliphatic rings. The molecule has 1 saturated carbocycles. The van der Waals surface area contributed by atoms with E-state index in [0.29, 0.717) is 0 Å². The molecule has 2 N–H and O–H groups in total. The van der Waals surface area contributed by atoms with Gasteiger partial charge in [-0.05, 0) is 37.6 Å². The van der Waals surface area contributed by atoms with Crippen molar-refractivity contribution >= 4 is 0 Å². The molecule has 5 nitrogen and oxygen atoms in total. The lowest BCUT2D eigenvalue weighted by Gasteiger charge is -2.26. The number of aromatic nitrogens is 3. The fraction of sp³-hybridized carbons (Fsp3) is 0.857. The molecular formula is C14H26N4O. The minimum atomic E-state index is 0.202. The summed E-state index contributed by atoms with van der Waals surface area (Å²) in [5, 5.41) is 20.4. The number of aryl methyl sites for hydroxylation is 1. The molecule has 1 aromatic heterocycles. The molecule has 5 heteroatoms. The van der Waals surface area contributed by atoms with Crippen molar-refractivity contribution in [2.75, 3.05) is 13.2 Å². The molecule has 1 aromatic rings. The van der Waals surface area contributed by atoms with E-state index in [1.165, 1.54) is 25.7 Å². The van der Waals surface area contributed by atoms with E-state index in [9.17, 15) is 0 Å². The van der Waals surface area contributed by atoms with Crippen molar-refractivity contribution in [3.05, 3.63) is 11.9 Å².